The highest BCUT2D eigenvalue weighted by molar-refractivity contribution is 7.93. The predicted octanol–water partition coefficient (Wildman–Crippen LogP) is 2.36. The molecule has 1 aromatic heterocycles. The van der Waals surface area contributed by atoms with Crippen LogP contribution in [-0.2, 0) is 14.8 Å². The largest absolute Gasteiger partial charge is 0.487 e. The number of sulfonamides is 1. The van der Waals surface area contributed by atoms with Gasteiger partial charge in [-0.1, -0.05) is 11.6 Å². The average Bonchev–Trinajstić information content (AvgIpc) is 2.86. The first-order valence-corrected chi connectivity index (χ1v) is 13.5. The number of halogens is 3. The van der Waals surface area contributed by atoms with Crippen LogP contribution < -0.4 is 10.1 Å². The molecule has 9 nitrogen and oxygen atoms in total. The molecule has 200 valence electrons. The molecule has 3 aliphatic heterocycles. The Balaban J connectivity index is 0.00000320. The standard InChI is InChI=1S/C24H26ClFN4O5S.ClH/c25-19-13-21-17(12-20(19)26)11-18(15-35-21)36(33,34)29-9-10-30(22(31)14-29)23(16-1-5-27-6-2-16)24(32)3-7-28-8-4-24;/h1-2,5-6,11-13,23,28,32H,3-4,7-10,14-15H2;1H. The lowest BCUT2D eigenvalue weighted by Gasteiger charge is -2.47. The molecule has 0 aliphatic carbocycles. The molecule has 0 spiro atoms. The quantitative estimate of drug-likeness (QED) is 0.565. The van der Waals surface area contributed by atoms with Gasteiger partial charge in [-0.05, 0) is 55.8 Å². The van der Waals surface area contributed by atoms with Crippen molar-refractivity contribution in [2.75, 3.05) is 39.3 Å². The average molecular weight is 573 g/mol. The summed E-state index contributed by atoms with van der Waals surface area (Å²) < 4.78 is 47.3. The number of piperazine rings is 1. The fraction of sp³-hybridized carbons (Fsp3) is 0.417. The van der Waals surface area contributed by atoms with Gasteiger partial charge in [0.1, 0.15) is 18.2 Å². The summed E-state index contributed by atoms with van der Waals surface area (Å²) in [6, 6.07) is 5.34. The second-order valence-corrected chi connectivity index (χ2v) is 11.6. The molecular formula is C24H27Cl2FN4O5S. The molecule has 0 saturated carbocycles. The normalized spacial score (nSPS) is 20.8. The molecule has 1 atom stereocenters. The number of aliphatic hydroxyl groups is 1. The van der Waals surface area contributed by atoms with E-state index in [0.717, 1.165) is 15.9 Å². The van der Waals surface area contributed by atoms with Gasteiger partial charge in [0.05, 0.1) is 28.1 Å². The third kappa shape index (κ3) is 5.34. The minimum absolute atomic E-state index is 0. The van der Waals surface area contributed by atoms with Gasteiger partial charge in [0, 0.05) is 37.1 Å². The van der Waals surface area contributed by atoms with E-state index in [9.17, 15) is 22.7 Å². The van der Waals surface area contributed by atoms with Gasteiger partial charge in [0.2, 0.25) is 15.9 Å². The van der Waals surface area contributed by atoms with Crippen LogP contribution in [0, 0.1) is 5.82 Å². The van der Waals surface area contributed by atoms with Crippen molar-refractivity contribution in [1.82, 2.24) is 19.5 Å². The van der Waals surface area contributed by atoms with Crippen molar-refractivity contribution >= 4 is 46.0 Å². The fourth-order valence-electron chi connectivity index (χ4n) is 5.06. The number of piperidine rings is 1. The Morgan fingerprint density at radius 3 is 2.57 bits per heavy atom. The van der Waals surface area contributed by atoms with Crippen LogP contribution in [0.15, 0.2) is 41.6 Å². The number of hydrogen-bond acceptors (Lipinski definition) is 7. The first kappa shape index (κ1) is 27.7. The molecule has 3 aliphatic rings. The number of carbonyl (C=O) groups excluding carboxylic acids is 1. The highest BCUT2D eigenvalue weighted by Gasteiger charge is 2.46. The third-order valence-corrected chi connectivity index (χ3v) is 9.12. The zero-order valence-electron chi connectivity index (χ0n) is 19.8. The van der Waals surface area contributed by atoms with E-state index in [-0.39, 0.29) is 59.9 Å². The molecule has 1 amide bonds. The Bertz CT molecular complexity index is 1310. The highest BCUT2D eigenvalue weighted by Crippen LogP contribution is 2.39. The Morgan fingerprint density at radius 1 is 1.19 bits per heavy atom. The molecule has 0 bridgehead atoms. The maximum Gasteiger partial charge on any atom is 0.243 e. The van der Waals surface area contributed by atoms with Gasteiger partial charge < -0.3 is 20.1 Å². The molecule has 1 aromatic carbocycles. The van der Waals surface area contributed by atoms with Crippen LogP contribution >= 0.6 is 24.0 Å². The third-order valence-electron chi connectivity index (χ3n) is 6.94. The van der Waals surface area contributed by atoms with Crippen molar-refractivity contribution in [2.45, 2.75) is 24.5 Å². The van der Waals surface area contributed by atoms with Crippen LogP contribution in [0.1, 0.15) is 30.0 Å². The van der Waals surface area contributed by atoms with Crippen LogP contribution in [0.25, 0.3) is 6.08 Å². The minimum atomic E-state index is -4.05. The summed E-state index contributed by atoms with van der Waals surface area (Å²) in [5, 5.41) is 14.7. The molecule has 37 heavy (non-hydrogen) atoms. The summed E-state index contributed by atoms with van der Waals surface area (Å²) >= 11 is 5.79. The van der Waals surface area contributed by atoms with Crippen molar-refractivity contribution in [3.8, 4) is 5.75 Å². The molecule has 5 rings (SSSR count). The highest BCUT2D eigenvalue weighted by atomic mass is 35.5. The van der Waals surface area contributed by atoms with E-state index < -0.39 is 33.4 Å². The van der Waals surface area contributed by atoms with Gasteiger partial charge in [-0.2, -0.15) is 4.31 Å². The smallest absolute Gasteiger partial charge is 0.243 e. The molecule has 1 unspecified atom stereocenters. The maximum absolute atomic E-state index is 13.9. The first-order valence-electron chi connectivity index (χ1n) is 11.6. The number of ether oxygens (including phenoxy) is 1. The van der Waals surface area contributed by atoms with Crippen molar-refractivity contribution in [3.05, 3.63) is 63.5 Å². The van der Waals surface area contributed by atoms with Gasteiger partial charge in [-0.25, -0.2) is 12.8 Å². The minimum Gasteiger partial charge on any atom is -0.487 e. The molecular weight excluding hydrogens is 546 g/mol. The first-order chi connectivity index (χ1) is 17.2. The number of nitrogens with zero attached hydrogens (tertiary/aromatic N) is 3. The number of rotatable bonds is 5. The number of pyridine rings is 1. The van der Waals surface area contributed by atoms with Gasteiger partial charge in [0.15, 0.2) is 0 Å². The molecule has 13 heteroatoms. The zero-order valence-corrected chi connectivity index (χ0v) is 22.2. The van der Waals surface area contributed by atoms with Crippen LogP contribution in [0.2, 0.25) is 5.02 Å². The molecule has 0 radical (unpaired) electrons. The number of benzene rings is 1. The van der Waals surface area contributed by atoms with Crippen molar-refractivity contribution in [3.63, 3.8) is 0 Å². The Morgan fingerprint density at radius 2 is 1.89 bits per heavy atom. The zero-order chi connectivity index (χ0) is 25.5. The van der Waals surface area contributed by atoms with E-state index in [1.54, 1.807) is 29.4 Å². The van der Waals surface area contributed by atoms with E-state index >= 15 is 0 Å². The second kappa shape index (κ2) is 10.8. The molecule has 2 aromatic rings. The van der Waals surface area contributed by atoms with Crippen LogP contribution in [0.3, 0.4) is 0 Å². The van der Waals surface area contributed by atoms with Crippen LogP contribution in [-0.4, -0.2) is 78.6 Å². The number of hydrogen-bond donors (Lipinski definition) is 2. The van der Waals surface area contributed by atoms with Crippen molar-refractivity contribution in [1.29, 1.82) is 0 Å². The van der Waals surface area contributed by atoms with Crippen molar-refractivity contribution in [2.24, 2.45) is 0 Å². The molecule has 2 saturated heterocycles. The van der Waals surface area contributed by atoms with Gasteiger partial charge in [-0.3, -0.25) is 9.78 Å². The van der Waals surface area contributed by atoms with Gasteiger partial charge >= 0.3 is 0 Å². The summed E-state index contributed by atoms with van der Waals surface area (Å²) in [5.74, 6) is -0.804. The summed E-state index contributed by atoms with van der Waals surface area (Å²) in [7, 11) is -4.05. The lowest BCUT2D eigenvalue weighted by Crippen LogP contribution is -2.59. The van der Waals surface area contributed by atoms with Gasteiger partial charge in [0.25, 0.3) is 0 Å². The molecule has 2 fully saturated rings. The monoisotopic (exact) mass is 572 g/mol. The summed E-state index contributed by atoms with van der Waals surface area (Å²) in [6.07, 6.45) is 5.48. The fourth-order valence-corrected chi connectivity index (χ4v) is 6.63. The number of amides is 1. The maximum atomic E-state index is 13.9. The van der Waals surface area contributed by atoms with E-state index in [1.807, 2.05) is 0 Å². The number of aromatic nitrogens is 1. The van der Waals surface area contributed by atoms with E-state index in [2.05, 4.69) is 10.3 Å². The number of carbonyl (C=O) groups is 1. The van der Waals surface area contributed by atoms with E-state index in [4.69, 9.17) is 16.3 Å². The van der Waals surface area contributed by atoms with Crippen LogP contribution in [0.5, 0.6) is 5.75 Å². The lowest BCUT2D eigenvalue weighted by atomic mass is 9.80. The SMILES string of the molecule is Cl.O=C1CN(S(=O)(=O)C2=Cc3cc(F)c(Cl)cc3OC2)CCN1C(c1ccncc1)C1(O)CCNCC1. The van der Waals surface area contributed by atoms with E-state index in [0.29, 0.717) is 25.9 Å². The Hall–Kier alpha value is -2.28. The summed E-state index contributed by atoms with van der Waals surface area (Å²) in [6.45, 7) is 0.749. The molecule has 4 heterocycles. The number of nitrogens with one attached hydrogen (secondary N) is 1. The lowest BCUT2D eigenvalue weighted by molar-refractivity contribution is -0.147. The number of fused-ring (bicyclic) bond motifs is 1. The van der Waals surface area contributed by atoms with Gasteiger partial charge in [-0.15, -0.1) is 12.4 Å². The van der Waals surface area contributed by atoms with Crippen LogP contribution in [0.4, 0.5) is 4.39 Å². The molecule has 2 N–H and O–H groups in total. The second-order valence-electron chi connectivity index (χ2n) is 9.17. The summed E-state index contributed by atoms with van der Waals surface area (Å²) in [4.78, 5) is 18.9. The van der Waals surface area contributed by atoms with Crippen molar-refractivity contribution < 1.29 is 27.4 Å². The summed E-state index contributed by atoms with van der Waals surface area (Å²) in [5.41, 5.74) is -0.143. The Kier molecular flexibility index (Phi) is 8.13. The predicted molar refractivity (Wildman–Crippen MR) is 138 cm³/mol. The Labute approximate surface area is 225 Å². The van der Waals surface area contributed by atoms with E-state index in [1.165, 1.54) is 12.1 Å². The topological polar surface area (TPSA) is 112 Å².